The number of nitrogens with two attached hydrogens (primary N) is 1. The molecule has 1 aromatic carbocycles. The van der Waals surface area contributed by atoms with Gasteiger partial charge in [0.1, 0.15) is 11.4 Å². The third kappa shape index (κ3) is 7.04. The average molecular weight is 323 g/mol. The molecule has 0 amide bonds. The molecule has 0 spiro atoms. The Morgan fingerprint density at radius 2 is 1.87 bits per heavy atom. The van der Waals surface area contributed by atoms with Gasteiger partial charge in [-0.1, -0.05) is 0 Å². The molecule has 0 fully saturated rings. The van der Waals surface area contributed by atoms with Gasteiger partial charge in [0.05, 0.1) is 19.3 Å². The van der Waals surface area contributed by atoms with Gasteiger partial charge >= 0.3 is 11.9 Å². The lowest BCUT2D eigenvalue weighted by atomic mass is 10.1. The number of carbonyl (C=O) groups excluding carboxylic acids is 2. The fraction of sp³-hybridized carbons (Fsp3) is 0.529. The van der Waals surface area contributed by atoms with Crippen molar-refractivity contribution in [3.05, 3.63) is 23.8 Å². The van der Waals surface area contributed by atoms with Gasteiger partial charge in [-0.3, -0.25) is 4.79 Å². The molecule has 0 saturated carbocycles. The van der Waals surface area contributed by atoms with Crippen molar-refractivity contribution in [3.8, 4) is 5.75 Å². The molecule has 0 aliphatic carbocycles. The molecule has 0 saturated heterocycles. The molecule has 0 heterocycles. The Bertz CT molecular complexity index is 548. The number of hydrogen-bond acceptors (Lipinski definition) is 6. The number of rotatable bonds is 7. The van der Waals surface area contributed by atoms with Crippen molar-refractivity contribution in [2.75, 3.05) is 19.5 Å². The van der Waals surface area contributed by atoms with Gasteiger partial charge in [0.25, 0.3) is 0 Å². The van der Waals surface area contributed by atoms with E-state index < -0.39 is 11.6 Å². The number of esters is 2. The van der Waals surface area contributed by atoms with Crippen LogP contribution < -0.4 is 10.5 Å². The van der Waals surface area contributed by atoms with Crippen LogP contribution in [0.1, 0.15) is 50.4 Å². The Morgan fingerprint density at radius 3 is 2.48 bits per heavy atom. The first-order valence-electron chi connectivity index (χ1n) is 7.55. The topological polar surface area (TPSA) is 87.8 Å². The molecule has 0 bridgehead atoms. The first-order chi connectivity index (χ1) is 10.7. The van der Waals surface area contributed by atoms with Crippen LogP contribution in [0.5, 0.6) is 5.75 Å². The minimum atomic E-state index is -0.502. The first kappa shape index (κ1) is 18.8. The summed E-state index contributed by atoms with van der Waals surface area (Å²) >= 11 is 0. The smallest absolute Gasteiger partial charge is 0.340 e. The second-order valence-corrected chi connectivity index (χ2v) is 6.13. The van der Waals surface area contributed by atoms with Gasteiger partial charge in [-0.25, -0.2) is 4.79 Å². The Labute approximate surface area is 136 Å². The number of carbonyl (C=O) groups is 2. The van der Waals surface area contributed by atoms with Gasteiger partial charge < -0.3 is 19.9 Å². The fourth-order valence-electron chi connectivity index (χ4n) is 1.87. The third-order valence-electron chi connectivity index (χ3n) is 2.89. The van der Waals surface area contributed by atoms with Crippen molar-refractivity contribution < 1.29 is 23.8 Å². The van der Waals surface area contributed by atoms with Crippen molar-refractivity contribution in [3.63, 3.8) is 0 Å². The van der Waals surface area contributed by atoms with Crippen LogP contribution in [0.2, 0.25) is 0 Å². The van der Waals surface area contributed by atoms with E-state index in [1.807, 2.05) is 20.8 Å². The van der Waals surface area contributed by atoms with Crippen molar-refractivity contribution >= 4 is 17.6 Å². The Kier molecular flexibility index (Phi) is 6.88. The summed E-state index contributed by atoms with van der Waals surface area (Å²) in [5, 5.41) is 0. The Balaban J connectivity index is 2.37. The number of ether oxygens (including phenoxy) is 3. The summed E-state index contributed by atoms with van der Waals surface area (Å²) < 4.78 is 15.4. The van der Waals surface area contributed by atoms with Gasteiger partial charge in [0.15, 0.2) is 0 Å². The van der Waals surface area contributed by atoms with Gasteiger partial charge in [0.2, 0.25) is 0 Å². The standard InChI is InChI=1S/C17H25NO5/c1-17(2,3)23-15(19)7-5-6-10-22-12-8-9-14(18)13(11-12)16(20)21-4/h8-9,11H,5-7,10,18H2,1-4H3. The van der Waals surface area contributed by atoms with Crippen LogP contribution in [0, 0.1) is 0 Å². The molecule has 0 radical (unpaired) electrons. The number of anilines is 1. The fourth-order valence-corrected chi connectivity index (χ4v) is 1.87. The summed E-state index contributed by atoms with van der Waals surface area (Å²) in [4.78, 5) is 23.1. The van der Waals surface area contributed by atoms with E-state index in [0.29, 0.717) is 37.3 Å². The van der Waals surface area contributed by atoms with Crippen LogP contribution in [0.15, 0.2) is 18.2 Å². The molecular weight excluding hydrogens is 298 g/mol. The molecule has 0 aliphatic rings. The van der Waals surface area contributed by atoms with Gasteiger partial charge in [-0.2, -0.15) is 0 Å². The van der Waals surface area contributed by atoms with E-state index in [1.54, 1.807) is 18.2 Å². The van der Waals surface area contributed by atoms with E-state index >= 15 is 0 Å². The number of benzene rings is 1. The lowest BCUT2D eigenvalue weighted by Gasteiger charge is -2.19. The second-order valence-electron chi connectivity index (χ2n) is 6.13. The second kappa shape index (κ2) is 8.41. The SMILES string of the molecule is COC(=O)c1cc(OCCCCC(=O)OC(C)(C)C)ccc1N. The minimum Gasteiger partial charge on any atom is -0.494 e. The quantitative estimate of drug-likeness (QED) is 0.471. The minimum absolute atomic E-state index is 0.210. The monoisotopic (exact) mass is 323 g/mol. The average Bonchev–Trinajstić information content (AvgIpc) is 2.45. The molecule has 2 N–H and O–H groups in total. The van der Waals surface area contributed by atoms with Crippen molar-refractivity contribution in [2.45, 2.75) is 45.6 Å². The molecule has 0 unspecified atom stereocenters. The van der Waals surface area contributed by atoms with Crippen LogP contribution in [0.4, 0.5) is 5.69 Å². The molecule has 6 heteroatoms. The van der Waals surface area contributed by atoms with Gasteiger partial charge in [-0.15, -0.1) is 0 Å². The largest absolute Gasteiger partial charge is 0.494 e. The van der Waals surface area contributed by atoms with E-state index in [2.05, 4.69) is 4.74 Å². The normalized spacial score (nSPS) is 11.0. The van der Waals surface area contributed by atoms with Gasteiger partial charge in [-0.05, 0) is 51.8 Å². The zero-order valence-electron chi connectivity index (χ0n) is 14.2. The molecule has 0 aliphatic heterocycles. The summed E-state index contributed by atoms with van der Waals surface area (Å²) in [6.07, 6.45) is 1.74. The number of unbranched alkanes of at least 4 members (excludes halogenated alkanes) is 1. The molecule has 6 nitrogen and oxygen atoms in total. The van der Waals surface area contributed by atoms with E-state index in [0.717, 1.165) is 0 Å². The third-order valence-corrected chi connectivity index (χ3v) is 2.89. The maximum absolute atomic E-state index is 11.6. The molecule has 0 aromatic heterocycles. The predicted molar refractivity (Wildman–Crippen MR) is 87.4 cm³/mol. The maximum Gasteiger partial charge on any atom is 0.340 e. The summed E-state index contributed by atoms with van der Waals surface area (Å²) in [6.45, 7) is 5.96. The van der Waals surface area contributed by atoms with Gasteiger partial charge in [0, 0.05) is 12.1 Å². The molecule has 1 rings (SSSR count). The van der Waals surface area contributed by atoms with Crippen LogP contribution in [0.3, 0.4) is 0 Å². The Hall–Kier alpha value is -2.24. The molecular formula is C17H25NO5. The van der Waals surface area contributed by atoms with Crippen molar-refractivity contribution in [1.82, 2.24) is 0 Å². The van der Waals surface area contributed by atoms with Crippen LogP contribution >= 0.6 is 0 Å². The zero-order valence-corrected chi connectivity index (χ0v) is 14.2. The molecule has 23 heavy (non-hydrogen) atoms. The number of nitrogen functional groups attached to an aromatic ring is 1. The van der Waals surface area contributed by atoms with Crippen LogP contribution in [-0.4, -0.2) is 31.3 Å². The van der Waals surface area contributed by atoms with E-state index in [4.69, 9.17) is 15.2 Å². The molecule has 1 aromatic rings. The lowest BCUT2D eigenvalue weighted by molar-refractivity contribution is -0.154. The molecule has 0 atom stereocenters. The number of hydrogen-bond donors (Lipinski definition) is 1. The lowest BCUT2D eigenvalue weighted by Crippen LogP contribution is -2.23. The van der Waals surface area contributed by atoms with E-state index in [-0.39, 0.29) is 11.5 Å². The number of methoxy groups -OCH3 is 1. The van der Waals surface area contributed by atoms with Crippen molar-refractivity contribution in [1.29, 1.82) is 0 Å². The highest BCUT2D eigenvalue weighted by Crippen LogP contribution is 2.21. The summed E-state index contributed by atoms with van der Waals surface area (Å²) in [5.41, 5.74) is 5.88. The Morgan fingerprint density at radius 1 is 1.17 bits per heavy atom. The van der Waals surface area contributed by atoms with Crippen LogP contribution in [0.25, 0.3) is 0 Å². The van der Waals surface area contributed by atoms with Crippen LogP contribution in [-0.2, 0) is 14.3 Å². The highest BCUT2D eigenvalue weighted by atomic mass is 16.6. The van der Waals surface area contributed by atoms with E-state index in [9.17, 15) is 9.59 Å². The molecule has 128 valence electrons. The predicted octanol–water partition coefficient (Wildman–Crippen LogP) is 2.95. The first-order valence-corrected chi connectivity index (χ1v) is 7.55. The maximum atomic E-state index is 11.6. The zero-order chi connectivity index (χ0) is 17.5. The highest BCUT2D eigenvalue weighted by Gasteiger charge is 2.15. The summed E-state index contributed by atoms with van der Waals surface area (Å²) in [5.74, 6) is -0.173. The highest BCUT2D eigenvalue weighted by molar-refractivity contribution is 5.95. The summed E-state index contributed by atoms with van der Waals surface area (Å²) in [7, 11) is 1.30. The van der Waals surface area contributed by atoms with E-state index in [1.165, 1.54) is 7.11 Å². The van der Waals surface area contributed by atoms with Crippen molar-refractivity contribution in [2.24, 2.45) is 0 Å². The summed E-state index contributed by atoms with van der Waals surface area (Å²) in [6, 6.07) is 4.84.